The third-order valence-corrected chi connectivity index (χ3v) is 5.70. The molecule has 0 bridgehead atoms. The van der Waals surface area contributed by atoms with Crippen molar-refractivity contribution in [2.75, 3.05) is 20.2 Å². The first-order chi connectivity index (χ1) is 11.9. The van der Waals surface area contributed by atoms with Crippen LogP contribution in [0.4, 0.5) is 10.6 Å². The molecule has 2 N–H and O–H groups in total. The van der Waals surface area contributed by atoms with Gasteiger partial charge in [0.15, 0.2) is 4.75 Å². The SMILES string of the molecule is CC1(c2ccccc2OCCN)SC(=O)[N+](C)(c2ccccn2)C1=O. The zero-order valence-corrected chi connectivity index (χ0v) is 15.0. The van der Waals surface area contributed by atoms with Crippen LogP contribution in [0, 0.1) is 0 Å². The first kappa shape index (κ1) is 17.6. The number of thioether (sulfide) groups is 1. The number of pyridine rings is 1. The molecular formula is C18H20N3O3S+. The van der Waals surface area contributed by atoms with Crippen LogP contribution in [-0.2, 0) is 9.54 Å². The first-order valence-electron chi connectivity index (χ1n) is 7.93. The molecule has 1 aliphatic heterocycles. The third kappa shape index (κ3) is 2.74. The Kier molecular flexibility index (Phi) is 4.64. The van der Waals surface area contributed by atoms with E-state index < -0.39 is 9.23 Å². The van der Waals surface area contributed by atoms with Gasteiger partial charge in [-0.2, -0.15) is 0 Å². The number of nitrogens with zero attached hydrogens (tertiary/aromatic N) is 2. The highest BCUT2D eigenvalue weighted by atomic mass is 32.2. The Balaban J connectivity index is 2.07. The van der Waals surface area contributed by atoms with E-state index in [1.165, 1.54) is 0 Å². The summed E-state index contributed by atoms with van der Waals surface area (Å²) in [6, 6.07) is 12.5. The van der Waals surface area contributed by atoms with E-state index in [0.29, 0.717) is 30.3 Å². The van der Waals surface area contributed by atoms with Crippen LogP contribution in [0.5, 0.6) is 5.75 Å². The largest absolute Gasteiger partial charge is 0.492 e. The van der Waals surface area contributed by atoms with Crippen molar-refractivity contribution in [3.05, 3.63) is 54.2 Å². The Morgan fingerprint density at radius 1 is 1.20 bits per heavy atom. The summed E-state index contributed by atoms with van der Waals surface area (Å²) >= 11 is 1.01. The number of rotatable bonds is 5. The van der Waals surface area contributed by atoms with Gasteiger partial charge in [0.1, 0.15) is 12.4 Å². The highest BCUT2D eigenvalue weighted by Crippen LogP contribution is 2.51. The van der Waals surface area contributed by atoms with Gasteiger partial charge in [0.2, 0.25) is 5.82 Å². The summed E-state index contributed by atoms with van der Waals surface area (Å²) in [5.41, 5.74) is 6.19. The number of benzene rings is 1. The number of quaternary nitrogens is 1. The molecule has 2 aromatic rings. The third-order valence-electron chi connectivity index (χ3n) is 4.35. The molecule has 1 saturated heterocycles. The average molecular weight is 358 g/mol. The summed E-state index contributed by atoms with van der Waals surface area (Å²) in [5, 5.41) is -0.264. The number of hydrogen-bond donors (Lipinski definition) is 1. The number of aromatic nitrogens is 1. The van der Waals surface area contributed by atoms with Crippen LogP contribution in [-0.4, -0.2) is 36.3 Å². The van der Waals surface area contributed by atoms with Crippen LogP contribution in [0.1, 0.15) is 12.5 Å². The lowest BCUT2D eigenvalue weighted by atomic mass is 9.96. The first-order valence-corrected chi connectivity index (χ1v) is 8.75. The summed E-state index contributed by atoms with van der Waals surface area (Å²) in [4.78, 5) is 30.5. The quantitative estimate of drug-likeness (QED) is 0.828. The van der Waals surface area contributed by atoms with Crippen LogP contribution in [0.2, 0.25) is 0 Å². The Morgan fingerprint density at radius 3 is 2.60 bits per heavy atom. The van der Waals surface area contributed by atoms with Crippen molar-refractivity contribution in [2.24, 2.45) is 5.73 Å². The van der Waals surface area contributed by atoms with Crippen molar-refractivity contribution in [3.8, 4) is 5.75 Å². The second-order valence-corrected chi connectivity index (χ2v) is 7.40. The number of imide groups is 1. The van der Waals surface area contributed by atoms with Gasteiger partial charge >= 0.3 is 11.1 Å². The molecular weight excluding hydrogens is 338 g/mol. The molecule has 2 amide bonds. The molecule has 1 aromatic heterocycles. The number of nitrogens with two attached hydrogens (primary N) is 1. The normalized spacial score (nSPS) is 26.0. The van der Waals surface area contributed by atoms with Crippen molar-refractivity contribution >= 4 is 28.7 Å². The molecule has 1 aromatic carbocycles. The minimum absolute atomic E-state index is 0.245. The molecule has 0 spiro atoms. The highest BCUT2D eigenvalue weighted by Gasteiger charge is 2.64. The summed E-state index contributed by atoms with van der Waals surface area (Å²) in [6.45, 7) is 2.47. The minimum atomic E-state index is -1.06. The van der Waals surface area contributed by atoms with Crippen LogP contribution in [0.25, 0.3) is 0 Å². The number of carbonyl (C=O) groups is 2. The van der Waals surface area contributed by atoms with Gasteiger partial charge < -0.3 is 10.5 Å². The zero-order valence-electron chi connectivity index (χ0n) is 14.1. The fraction of sp³-hybridized carbons (Fsp3) is 0.278. The predicted octanol–water partition coefficient (Wildman–Crippen LogP) is 2.67. The molecule has 0 radical (unpaired) electrons. The molecule has 130 valence electrons. The Bertz CT molecular complexity index is 814. The van der Waals surface area contributed by atoms with Gasteiger partial charge in [0.05, 0.1) is 7.05 Å². The molecule has 2 atom stereocenters. The number of ether oxygens (including phenoxy) is 1. The van der Waals surface area contributed by atoms with E-state index in [1.54, 1.807) is 44.4 Å². The van der Waals surface area contributed by atoms with Crippen LogP contribution in [0.3, 0.4) is 0 Å². The Hall–Kier alpha value is -2.22. The van der Waals surface area contributed by atoms with Gasteiger partial charge in [-0.05, 0) is 19.1 Å². The fourth-order valence-corrected chi connectivity index (χ4v) is 4.22. The lowest BCUT2D eigenvalue weighted by Gasteiger charge is -2.25. The van der Waals surface area contributed by atoms with Gasteiger partial charge in [-0.15, -0.1) is 4.48 Å². The Labute approximate surface area is 150 Å². The zero-order chi connectivity index (χ0) is 18.1. The van der Waals surface area contributed by atoms with Crippen molar-refractivity contribution in [2.45, 2.75) is 11.7 Å². The minimum Gasteiger partial charge on any atom is -0.492 e. The molecule has 2 unspecified atom stereocenters. The van der Waals surface area contributed by atoms with Gasteiger partial charge in [-0.25, -0.2) is 14.6 Å². The predicted molar refractivity (Wildman–Crippen MR) is 98.3 cm³/mol. The second kappa shape index (κ2) is 6.59. The van der Waals surface area contributed by atoms with Crippen LogP contribution >= 0.6 is 11.8 Å². The van der Waals surface area contributed by atoms with Gasteiger partial charge in [0, 0.05) is 36.1 Å². The van der Waals surface area contributed by atoms with E-state index in [2.05, 4.69) is 4.98 Å². The summed E-state index contributed by atoms with van der Waals surface area (Å²) in [5.74, 6) is 0.734. The molecule has 3 rings (SSSR count). The molecule has 0 aliphatic carbocycles. The van der Waals surface area contributed by atoms with Crippen LogP contribution < -0.4 is 15.0 Å². The average Bonchev–Trinajstić information content (AvgIpc) is 2.82. The Morgan fingerprint density at radius 2 is 1.92 bits per heavy atom. The van der Waals surface area contributed by atoms with Crippen LogP contribution in [0.15, 0.2) is 48.7 Å². The van der Waals surface area contributed by atoms with Gasteiger partial charge in [-0.1, -0.05) is 24.3 Å². The fourth-order valence-electron chi connectivity index (χ4n) is 2.96. The standard InChI is InChI=1S/C18H20N3O3S/c1-18(13-7-3-4-8-14(13)24-12-10-19)16(22)21(2,17(23)25-18)15-9-5-6-11-20-15/h3-9,11H,10,12,19H2,1-2H3/q+1. The van der Waals surface area contributed by atoms with Gasteiger partial charge in [-0.3, -0.25) is 0 Å². The molecule has 7 heteroatoms. The molecule has 1 fully saturated rings. The number of likely N-dealkylation sites (N-methyl/N-ethyl adjacent to an activating group) is 1. The maximum atomic E-state index is 13.4. The molecule has 6 nitrogen and oxygen atoms in total. The second-order valence-electron chi connectivity index (χ2n) is 6.03. The van der Waals surface area contributed by atoms with Crippen molar-refractivity contribution in [1.29, 1.82) is 0 Å². The topological polar surface area (TPSA) is 82.3 Å². The highest BCUT2D eigenvalue weighted by molar-refractivity contribution is 8.15. The van der Waals surface area contributed by atoms with E-state index >= 15 is 0 Å². The molecule has 2 heterocycles. The van der Waals surface area contributed by atoms with Crippen molar-refractivity contribution in [1.82, 2.24) is 9.47 Å². The van der Waals surface area contributed by atoms with E-state index in [4.69, 9.17) is 10.5 Å². The summed E-state index contributed by atoms with van der Waals surface area (Å²) in [7, 11) is 1.59. The van der Waals surface area contributed by atoms with E-state index in [-0.39, 0.29) is 11.1 Å². The maximum Gasteiger partial charge on any atom is 0.390 e. The maximum absolute atomic E-state index is 13.4. The molecule has 1 aliphatic rings. The summed E-state index contributed by atoms with van der Waals surface area (Å²) < 4.78 is 4.16. The van der Waals surface area contributed by atoms with Crippen molar-refractivity contribution < 1.29 is 14.3 Å². The van der Waals surface area contributed by atoms with E-state index in [1.807, 2.05) is 18.2 Å². The summed E-state index contributed by atoms with van der Waals surface area (Å²) in [6.07, 6.45) is 1.58. The monoisotopic (exact) mass is 358 g/mol. The smallest absolute Gasteiger partial charge is 0.390 e. The van der Waals surface area contributed by atoms with E-state index in [0.717, 1.165) is 11.8 Å². The van der Waals surface area contributed by atoms with Gasteiger partial charge in [0.25, 0.3) is 0 Å². The number of carbonyl (C=O) groups excluding carboxylic acids is 2. The number of para-hydroxylation sites is 1. The van der Waals surface area contributed by atoms with E-state index in [9.17, 15) is 9.59 Å². The number of amides is 2. The lowest BCUT2D eigenvalue weighted by Crippen LogP contribution is -2.53. The lowest BCUT2D eigenvalue weighted by molar-refractivity contribution is -0.128. The molecule has 0 saturated carbocycles. The number of hydrogen-bond acceptors (Lipinski definition) is 6. The molecule has 25 heavy (non-hydrogen) atoms. The van der Waals surface area contributed by atoms with Crippen molar-refractivity contribution in [3.63, 3.8) is 0 Å².